The Balaban J connectivity index is 3.91. The van der Waals surface area contributed by atoms with E-state index in [9.17, 15) is 4.79 Å². The molecule has 0 bridgehead atoms. The van der Waals surface area contributed by atoms with E-state index < -0.39 is 0 Å². The number of hydrogen-bond donors (Lipinski definition) is 1. The first-order valence-electron chi connectivity index (χ1n) is 5.45. The molecule has 0 aromatic heterocycles. The summed E-state index contributed by atoms with van der Waals surface area (Å²) in [6.45, 7) is 6.23. The molecule has 0 amide bonds. The number of unbranched alkanes of at least 4 members (excludes halogenated alkanes) is 2. The Bertz CT molecular complexity index is 157. The molecule has 0 aliphatic rings. The number of esters is 1. The van der Waals surface area contributed by atoms with E-state index in [1.165, 1.54) is 20.0 Å². The summed E-state index contributed by atoms with van der Waals surface area (Å²) in [7, 11) is 1.44. The molecule has 3 nitrogen and oxygen atoms in total. The molecule has 0 rings (SSSR count). The van der Waals surface area contributed by atoms with Crippen LogP contribution in [0.3, 0.4) is 0 Å². The second-order valence-electron chi connectivity index (χ2n) is 3.89. The van der Waals surface area contributed by atoms with Crippen LogP contribution in [0.25, 0.3) is 0 Å². The maximum absolute atomic E-state index is 11.4. The molecule has 0 aliphatic heterocycles. The van der Waals surface area contributed by atoms with Gasteiger partial charge in [0.2, 0.25) is 0 Å². The monoisotopic (exact) mass is 201 g/mol. The third kappa shape index (κ3) is 5.97. The topological polar surface area (TPSA) is 38.3 Å². The Hall–Kier alpha value is -0.570. The SMILES string of the molecule is CCCCCC(NC(C)C)C(=O)OC. The minimum absolute atomic E-state index is 0.133. The van der Waals surface area contributed by atoms with Crippen molar-refractivity contribution in [2.24, 2.45) is 0 Å². The molecule has 0 spiro atoms. The van der Waals surface area contributed by atoms with Crippen molar-refractivity contribution in [3.8, 4) is 0 Å². The second kappa shape index (κ2) is 7.80. The second-order valence-corrected chi connectivity index (χ2v) is 3.89. The molecule has 0 saturated heterocycles. The lowest BCUT2D eigenvalue weighted by Gasteiger charge is -2.18. The number of hydrogen-bond acceptors (Lipinski definition) is 3. The predicted molar refractivity (Wildman–Crippen MR) is 58.2 cm³/mol. The van der Waals surface area contributed by atoms with Crippen molar-refractivity contribution in [3.05, 3.63) is 0 Å². The summed E-state index contributed by atoms with van der Waals surface area (Å²) in [5.41, 5.74) is 0. The molecule has 0 heterocycles. The Morgan fingerprint density at radius 3 is 2.43 bits per heavy atom. The smallest absolute Gasteiger partial charge is 0.322 e. The van der Waals surface area contributed by atoms with Crippen LogP contribution in [-0.2, 0) is 9.53 Å². The Labute approximate surface area is 87.2 Å². The van der Waals surface area contributed by atoms with Crippen molar-refractivity contribution in [2.75, 3.05) is 7.11 Å². The van der Waals surface area contributed by atoms with Gasteiger partial charge in [-0.05, 0) is 6.42 Å². The fourth-order valence-corrected chi connectivity index (χ4v) is 1.41. The first kappa shape index (κ1) is 13.4. The van der Waals surface area contributed by atoms with Crippen LogP contribution >= 0.6 is 0 Å². The van der Waals surface area contributed by atoms with Crippen LogP contribution in [0.4, 0.5) is 0 Å². The molecule has 1 unspecified atom stereocenters. The van der Waals surface area contributed by atoms with Gasteiger partial charge in [-0.15, -0.1) is 0 Å². The molecule has 0 saturated carbocycles. The standard InChI is InChI=1S/C11H23NO2/c1-5-6-7-8-10(11(13)14-4)12-9(2)3/h9-10,12H,5-8H2,1-4H3. The van der Waals surface area contributed by atoms with E-state index in [0.29, 0.717) is 6.04 Å². The van der Waals surface area contributed by atoms with E-state index in [4.69, 9.17) is 4.74 Å². The first-order chi connectivity index (χ1) is 6.61. The highest BCUT2D eigenvalue weighted by molar-refractivity contribution is 5.75. The third-order valence-electron chi connectivity index (χ3n) is 2.12. The van der Waals surface area contributed by atoms with Crippen LogP contribution in [0.2, 0.25) is 0 Å². The molecule has 3 heteroatoms. The van der Waals surface area contributed by atoms with Gasteiger partial charge in [-0.1, -0.05) is 40.0 Å². The molecule has 84 valence electrons. The van der Waals surface area contributed by atoms with Crippen molar-refractivity contribution >= 4 is 5.97 Å². The number of ether oxygens (including phenoxy) is 1. The van der Waals surface area contributed by atoms with Gasteiger partial charge in [0.15, 0.2) is 0 Å². The van der Waals surface area contributed by atoms with Gasteiger partial charge in [-0.25, -0.2) is 0 Å². The number of carbonyl (C=O) groups excluding carboxylic acids is 1. The summed E-state index contributed by atoms with van der Waals surface area (Å²) >= 11 is 0. The lowest BCUT2D eigenvalue weighted by molar-refractivity contribution is -0.143. The molecule has 0 aliphatic carbocycles. The van der Waals surface area contributed by atoms with E-state index in [0.717, 1.165) is 12.8 Å². The van der Waals surface area contributed by atoms with Gasteiger partial charge in [0, 0.05) is 6.04 Å². The molecule has 14 heavy (non-hydrogen) atoms. The lowest BCUT2D eigenvalue weighted by atomic mass is 10.1. The summed E-state index contributed by atoms with van der Waals surface area (Å²) < 4.78 is 4.74. The minimum Gasteiger partial charge on any atom is -0.468 e. The number of nitrogens with one attached hydrogen (secondary N) is 1. The van der Waals surface area contributed by atoms with Gasteiger partial charge >= 0.3 is 5.97 Å². The summed E-state index contributed by atoms with van der Waals surface area (Å²) in [6, 6.07) is 0.187. The van der Waals surface area contributed by atoms with Gasteiger partial charge in [-0.3, -0.25) is 4.79 Å². The van der Waals surface area contributed by atoms with Crippen LogP contribution in [0, 0.1) is 0 Å². The van der Waals surface area contributed by atoms with Crippen molar-refractivity contribution in [1.82, 2.24) is 5.32 Å². The van der Waals surface area contributed by atoms with E-state index in [1.807, 2.05) is 13.8 Å². The van der Waals surface area contributed by atoms with Gasteiger partial charge in [0.1, 0.15) is 6.04 Å². The van der Waals surface area contributed by atoms with Crippen LogP contribution in [0.5, 0.6) is 0 Å². The fraction of sp³-hybridized carbons (Fsp3) is 0.909. The maximum Gasteiger partial charge on any atom is 0.322 e. The number of carbonyl (C=O) groups is 1. The highest BCUT2D eigenvalue weighted by Gasteiger charge is 2.18. The van der Waals surface area contributed by atoms with Crippen molar-refractivity contribution in [3.63, 3.8) is 0 Å². The Morgan fingerprint density at radius 1 is 1.36 bits per heavy atom. The highest BCUT2D eigenvalue weighted by atomic mass is 16.5. The number of methoxy groups -OCH3 is 1. The third-order valence-corrected chi connectivity index (χ3v) is 2.12. The zero-order valence-corrected chi connectivity index (χ0v) is 9.80. The van der Waals surface area contributed by atoms with E-state index >= 15 is 0 Å². The average Bonchev–Trinajstić information content (AvgIpc) is 2.15. The average molecular weight is 201 g/mol. The first-order valence-corrected chi connectivity index (χ1v) is 5.45. The largest absolute Gasteiger partial charge is 0.468 e. The molecule has 0 fully saturated rings. The van der Waals surface area contributed by atoms with Crippen LogP contribution in [-0.4, -0.2) is 25.2 Å². The van der Waals surface area contributed by atoms with Gasteiger partial charge < -0.3 is 10.1 Å². The van der Waals surface area contributed by atoms with E-state index in [-0.39, 0.29) is 12.0 Å². The van der Waals surface area contributed by atoms with Crippen molar-refractivity contribution < 1.29 is 9.53 Å². The normalized spacial score (nSPS) is 12.9. The summed E-state index contributed by atoms with van der Waals surface area (Å²) in [5, 5.41) is 3.21. The molecule has 1 atom stereocenters. The summed E-state index contributed by atoms with van der Waals surface area (Å²) in [6.07, 6.45) is 4.30. The maximum atomic E-state index is 11.4. The molecule has 0 aromatic rings. The minimum atomic E-state index is -0.144. The fourth-order valence-electron chi connectivity index (χ4n) is 1.41. The van der Waals surface area contributed by atoms with Gasteiger partial charge in [0.25, 0.3) is 0 Å². The zero-order chi connectivity index (χ0) is 11.0. The highest BCUT2D eigenvalue weighted by Crippen LogP contribution is 2.05. The van der Waals surface area contributed by atoms with Crippen LogP contribution < -0.4 is 5.32 Å². The lowest BCUT2D eigenvalue weighted by Crippen LogP contribution is -2.41. The number of rotatable bonds is 7. The summed E-state index contributed by atoms with van der Waals surface area (Å²) in [5.74, 6) is -0.144. The molecular formula is C11H23NO2. The van der Waals surface area contributed by atoms with Gasteiger partial charge in [-0.2, -0.15) is 0 Å². The molecule has 0 radical (unpaired) electrons. The predicted octanol–water partition coefficient (Wildman–Crippen LogP) is 2.11. The van der Waals surface area contributed by atoms with Crippen LogP contribution in [0.1, 0.15) is 46.5 Å². The van der Waals surface area contributed by atoms with Crippen LogP contribution in [0.15, 0.2) is 0 Å². The quantitative estimate of drug-likeness (QED) is 0.506. The van der Waals surface area contributed by atoms with Crippen molar-refractivity contribution in [2.45, 2.75) is 58.5 Å². The molecular weight excluding hydrogens is 178 g/mol. The van der Waals surface area contributed by atoms with Crippen molar-refractivity contribution in [1.29, 1.82) is 0 Å². The Kier molecular flexibility index (Phi) is 7.48. The molecule has 1 N–H and O–H groups in total. The van der Waals surface area contributed by atoms with E-state index in [2.05, 4.69) is 12.2 Å². The zero-order valence-electron chi connectivity index (χ0n) is 9.80. The summed E-state index contributed by atoms with van der Waals surface area (Å²) in [4.78, 5) is 11.4. The molecule has 0 aromatic carbocycles. The van der Waals surface area contributed by atoms with E-state index in [1.54, 1.807) is 0 Å². The Morgan fingerprint density at radius 2 is 2.00 bits per heavy atom. The van der Waals surface area contributed by atoms with Gasteiger partial charge in [0.05, 0.1) is 7.11 Å².